The molecule has 0 radical (unpaired) electrons. The number of benzene rings is 1. The van der Waals surface area contributed by atoms with Crippen LogP contribution in [0.25, 0.3) is 0 Å². The molecule has 3 heteroatoms. The largest absolute Gasteiger partial charge is 0.384 e. The van der Waals surface area contributed by atoms with Gasteiger partial charge in [0, 0.05) is 18.5 Å². The molecule has 16 heavy (non-hydrogen) atoms. The third-order valence-electron chi connectivity index (χ3n) is 3.79. The van der Waals surface area contributed by atoms with E-state index in [0.717, 1.165) is 17.3 Å². The molecule has 3 rings (SSSR count). The van der Waals surface area contributed by atoms with E-state index in [9.17, 15) is 0 Å². The Morgan fingerprint density at radius 1 is 1.19 bits per heavy atom. The lowest BCUT2D eigenvalue weighted by Gasteiger charge is -2.31. The topological polar surface area (TPSA) is 24.1 Å². The summed E-state index contributed by atoms with van der Waals surface area (Å²) in [4.78, 5) is 0. The maximum Gasteiger partial charge on any atom is 0.0640 e. The molecule has 2 heterocycles. The minimum absolute atomic E-state index is 0.637. The SMILES string of the molecule is Clc1cccc2c1NCCC2C1CCCN1. The lowest BCUT2D eigenvalue weighted by molar-refractivity contribution is 0.463. The predicted octanol–water partition coefficient (Wildman–Crippen LogP) is 2.99. The summed E-state index contributed by atoms with van der Waals surface area (Å²) < 4.78 is 0. The summed E-state index contributed by atoms with van der Waals surface area (Å²) in [5.41, 5.74) is 2.56. The summed E-state index contributed by atoms with van der Waals surface area (Å²) in [5.74, 6) is 0.637. The van der Waals surface area contributed by atoms with Crippen molar-refractivity contribution >= 4 is 17.3 Å². The second-order valence-corrected chi connectivity index (χ2v) is 5.14. The molecule has 1 aromatic rings. The Hall–Kier alpha value is -0.730. The molecule has 1 aromatic carbocycles. The Labute approximate surface area is 101 Å². The molecule has 0 amide bonds. The van der Waals surface area contributed by atoms with Crippen molar-refractivity contribution in [2.24, 2.45) is 0 Å². The fourth-order valence-corrected chi connectivity index (χ4v) is 3.27. The van der Waals surface area contributed by atoms with Crippen LogP contribution in [0.4, 0.5) is 5.69 Å². The number of anilines is 1. The van der Waals surface area contributed by atoms with Gasteiger partial charge in [0.2, 0.25) is 0 Å². The summed E-state index contributed by atoms with van der Waals surface area (Å²) >= 11 is 6.23. The summed E-state index contributed by atoms with van der Waals surface area (Å²) in [5, 5.41) is 7.90. The smallest absolute Gasteiger partial charge is 0.0640 e. The zero-order valence-corrected chi connectivity index (χ0v) is 10.1. The van der Waals surface area contributed by atoms with E-state index in [2.05, 4.69) is 22.8 Å². The van der Waals surface area contributed by atoms with Gasteiger partial charge in [-0.3, -0.25) is 0 Å². The van der Waals surface area contributed by atoms with Crippen molar-refractivity contribution in [1.29, 1.82) is 0 Å². The van der Waals surface area contributed by atoms with Crippen LogP contribution in [0.2, 0.25) is 5.02 Å². The number of rotatable bonds is 1. The molecule has 0 aliphatic carbocycles. The van der Waals surface area contributed by atoms with Crippen molar-refractivity contribution in [3.8, 4) is 0 Å². The Morgan fingerprint density at radius 2 is 2.12 bits per heavy atom. The Balaban J connectivity index is 1.96. The van der Waals surface area contributed by atoms with Gasteiger partial charge in [0.15, 0.2) is 0 Å². The highest BCUT2D eigenvalue weighted by Crippen LogP contribution is 2.39. The Morgan fingerprint density at radius 3 is 2.94 bits per heavy atom. The van der Waals surface area contributed by atoms with E-state index >= 15 is 0 Å². The van der Waals surface area contributed by atoms with Crippen molar-refractivity contribution in [2.45, 2.75) is 31.2 Å². The molecule has 2 aliphatic rings. The average Bonchev–Trinajstić information content (AvgIpc) is 2.82. The highest BCUT2D eigenvalue weighted by atomic mass is 35.5. The molecule has 2 N–H and O–H groups in total. The van der Waals surface area contributed by atoms with E-state index in [1.54, 1.807) is 0 Å². The van der Waals surface area contributed by atoms with E-state index in [1.165, 1.54) is 31.4 Å². The Bertz CT molecular complexity index is 386. The van der Waals surface area contributed by atoms with Gasteiger partial charge < -0.3 is 10.6 Å². The van der Waals surface area contributed by atoms with Gasteiger partial charge in [0.25, 0.3) is 0 Å². The number of para-hydroxylation sites is 1. The first-order chi connectivity index (χ1) is 7.86. The zero-order valence-electron chi connectivity index (χ0n) is 9.30. The van der Waals surface area contributed by atoms with E-state index in [1.807, 2.05) is 6.07 Å². The van der Waals surface area contributed by atoms with Gasteiger partial charge in [-0.05, 0) is 37.4 Å². The van der Waals surface area contributed by atoms with Crippen LogP contribution in [-0.4, -0.2) is 19.1 Å². The van der Waals surface area contributed by atoms with Crippen LogP contribution in [-0.2, 0) is 0 Å². The number of hydrogen-bond acceptors (Lipinski definition) is 2. The first-order valence-electron chi connectivity index (χ1n) is 6.12. The van der Waals surface area contributed by atoms with Gasteiger partial charge in [-0.15, -0.1) is 0 Å². The van der Waals surface area contributed by atoms with Crippen LogP contribution in [0.5, 0.6) is 0 Å². The van der Waals surface area contributed by atoms with E-state index < -0.39 is 0 Å². The monoisotopic (exact) mass is 236 g/mol. The summed E-state index contributed by atoms with van der Waals surface area (Å²) in [6.07, 6.45) is 3.83. The van der Waals surface area contributed by atoms with Crippen LogP contribution >= 0.6 is 11.6 Å². The molecule has 2 atom stereocenters. The molecule has 0 spiro atoms. The van der Waals surface area contributed by atoms with Crippen LogP contribution < -0.4 is 10.6 Å². The third kappa shape index (κ3) is 1.70. The van der Waals surface area contributed by atoms with Crippen molar-refractivity contribution in [3.05, 3.63) is 28.8 Å². The van der Waals surface area contributed by atoms with Crippen LogP contribution in [0, 0.1) is 0 Å². The summed E-state index contributed by atoms with van der Waals surface area (Å²) in [7, 11) is 0. The summed E-state index contributed by atoms with van der Waals surface area (Å²) in [6, 6.07) is 6.91. The molecule has 2 aliphatic heterocycles. The quantitative estimate of drug-likeness (QED) is 0.784. The maximum atomic E-state index is 6.23. The lowest BCUT2D eigenvalue weighted by Crippen LogP contribution is -2.33. The maximum absolute atomic E-state index is 6.23. The molecule has 1 fully saturated rings. The van der Waals surface area contributed by atoms with Gasteiger partial charge >= 0.3 is 0 Å². The first kappa shape index (κ1) is 10.4. The number of nitrogens with one attached hydrogen (secondary N) is 2. The number of halogens is 1. The number of hydrogen-bond donors (Lipinski definition) is 2. The van der Waals surface area contributed by atoms with Crippen molar-refractivity contribution in [3.63, 3.8) is 0 Å². The van der Waals surface area contributed by atoms with Crippen LogP contribution in [0.3, 0.4) is 0 Å². The molecular formula is C13H17ClN2. The molecule has 1 saturated heterocycles. The highest BCUT2D eigenvalue weighted by Gasteiger charge is 2.30. The predicted molar refractivity (Wildman–Crippen MR) is 68.3 cm³/mol. The van der Waals surface area contributed by atoms with Gasteiger partial charge in [-0.2, -0.15) is 0 Å². The van der Waals surface area contributed by atoms with Crippen LogP contribution in [0.15, 0.2) is 18.2 Å². The molecule has 86 valence electrons. The van der Waals surface area contributed by atoms with Crippen molar-refractivity contribution < 1.29 is 0 Å². The Kier molecular flexibility index (Phi) is 2.78. The molecule has 2 unspecified atom stereocenters. The number of fused-ring (bicyclic) bond motifs is 1. The fourth-order valence-electron chi connectivity index (χ4n) is 3.02. The zero-order chi connectivity index (χ0) is 11.0. The molecule has 0 bridgehead atoms. The minimum atomic E-state index is 0.637. The van der Waals surface area contributed by atoms with Gasteiger partial charge in [-0.25, -0.2) is 0 Å². The highest BCUT2D eigenvalue weighted by molar-refractivity contribution is 6.33. The normalized spacial score (nSPS) is 28.6. The molecule has 2 nitrogen and oxygen atoms in total. The van der Waals surface area contributed by atoms with Gasteiger partial charge in [0.05, 0.1) is 10.7 Å². The average molecular weight is 237 g/mol. The van der Waals surface area contributed by atoms with Gasteiger partial charge in [-0.1, -0.05) is 23.7 Å². The molecular weight excluding hydrogens is 220 g/mol. The third-order valence-corrected chi connectivity index (χ3v) is 4.10. The van der Waals surface area contributed by atoms with Crippen molar-refractivity contribution in [1.82, 2.24) is 5.32 Å². The van der Waals surface area contributed by atoms with Gasteiger partial charge in [0.1, 0.15) is 0 Å². The van der Waals surface area contributed by atoms with Crippen LogP contribution in [0.1, 0.15) is 30.7 Å². The second kappa shape index (κ2) is 4.27. The van der Waals surface area contributed by atoms with E-state index in [-0.39, 0.29) is 0 Å². The molecule has 0 saturated carbocycles. The minimum Gasteiger partial charge on any atom is -0.384 e. The van der Waals surface area contributed by atoms with E-state index in [0.29, 0.717) is 12.0 Å². The summed E-state index contributed by atoms with van der Waals surface area (Å²) in [6.45, 7) is 2.21. The standard InChI is InChI=1S/C13H17ClN2/c14-11-4-1-3-10-9(6-8-16-13(10)11)12-5-2-7-15-12/h1,3-4,9,12,15-16H,2,5-8H2. The lowest BCUT2D eigenvalue weighted by atomic mass is 9.84. The molecule has 0 aromatic heterocycles. The second-order valence-electron chi connectivity index (χ2n) is 4.73. The van der Waals surface area contributed by atoms with E-state index in [4.69, 9.17) is 11.6 Å². The first-order valence-corrected chi connectivity index (χ1v) is 6.50. The van der Waals surface area contributed by atoms with Crippen molar-refractivity contribution in [2.75, 3.05) is 18.4 Å². The fraction of sp³-hybridized carbons (Fsp3) is 0.538.